The molecule has 0 N–H and O–H groups in total. The number of terminal acetylenes is 1. The molecule has 0 aliphatic carbocycles. The van der Waals surface area contributed by atoms with Gasteiger partial charge in [-0.15, -0.1) is 6.42 Å². The van der Waals surface area contributed by atoms with E-state index in [0.717, 1.165) is 0 Å². The highest BCUT2D eigenvalue weighted by atomic mass is 16.5. The first-order valence-corrected chi connectivity index (χ1v) is 2.64. The van der Waals surface area contributed by atoms with E-state index in [1.807, 2.05) is 0 Å². The first-order chi connectivity index (χ1) is 4.33. The molecule has 0 aromatic rings. The Kier molecular flexibility index (Phi) is 1.55. The van der Waals surface area contributed by atoms with E-state index < -0.39 is 0 Å². The SMILES string of the molecule is C#C[C@@H]1CC(=O)C=CO1. The van der Waals surface area contributed by atoms with E-state index in [4.69, 9.17) is 11.2 Å². The molecule has 1 aliphatic rings. The van der Waals surface area contributed by atoms with Gasteiger partial charge >= 0.3 is 0 Å². The normalized spacial score (nSPS) is 24.8. The van der Waals surface area contributed by atoms with Crippen molar-refractivity contribution in [2.45, 2.75) is 12.5 Å². The third-order valence-electron chi connectivity index (χ3n) is 1.07. The third-order valence-corrected chi connectivity index (χ3v) is 1.07. The highest BCUT2D eigenvalue weighted by Crippen LogP contribution is 2.04. The average molecular weight is 122 g/mol. The summed E-state index contributed by atoms with van der Waals surface area (Å²) in [5.41, 5.74) is 0. The van der Waals surface area contributed by atoms with Crippen molar-refractivity contribution in [1.82, 2.24) is 0 Å². The Morgan fingerprint density at radius 2 is 2.67 bits per heavy atom. The van der Waals surface area contributed by atoms with Crippen LogP contribution in [0.5, 0.6) is 0 Å². The number of ether oxygens (including phenoxy) is 1. The fourth-order valence-electron chi connectivity index (χ4n) is 0.607. The van der Waals surface area contributed by atoms with Crippen molar-refractivity contribution in [3.8, 4) is 12.3 Å². The van der Waals surface area contributed by atoms with Crippen LogP contribution >= 0.6 is 0 Å². The molecule has 9 heavy (non-hydrogen) atoms. The van der Waals surface area contributed by atoms with Crippen LogP contribution < -0.4 is 0 Å². The number of carbonyl (C=O) groups is 1. The van der Waals surface area contributed by atoms with Crippen LogP contribution in [-0.4, -0.2) is 11.9 Å². The minimum absolute atomic E-state index is 0.0317. The summed E-state index contributed by atoms with van der Waals surface area (Å²) in [7, 11) is 0. The predicted molar refractivity (Wildman–Crippen MR) is 32.5 cm³/mol. The van der Waals surface area contributed by atoms with E-state index in [-0.39, 0.29) is 11.9 Å². The molecule has 0 bridgehead atoms. The maximum Gasteiger partial charge on any atom is 0.165 e. The third kappa shape index (κ3) is 1.33. The zero-order chi connectivity index (χ0) is 6.69. The van der Waals surface area contributed by atoms with Crippen LogP contribution in [0.1, 0.15) is 6.42 Å². The highest BCUT2D eigenvalue weighted by molar-refractivity contribution is 5.90. The second-order valence-electron chi connectivity index (χ2n) is 1.76. The van der Waals surface area contributed by atoms with Crippen LogP contribution in [0.15, 0.2) is 12.3 Å². The highest BCUT2D eigenvalue weighted by Gasteiger charge is 2.12. The van der Waals surface area contributed by atoms with E-state index >= 15 is 0 Å². The molecule has 1 aliphatic heterocycles. The maximum atomic E-state index is 10.6. The Bertz CT molecular complexity index is 186. The number of hydrogen-bond donors (Lipinski definition) is 0. The van der Waals surface area contributed by atoms with Crippen LogP contribution in [0.25, 0.3) is 0 Å². The number of hydrogen-bond acceptors (Lipinski definition) is 2. The van der Waals surface area contributed by atoms with Gasteiger partial charge in [-0.2, -0.15) is 0 Å². The topological polar surface area (TPSA) is 26.3 Å². The van der Waals surface area contributed by atoms with Crippen molar-refractivity contribution in [3.05, 3.63) is 12.3 Å². The zero-order valence-electron chi connectivity index (χ0n) is 4.83. The zero-order valence-corrected chi connectivity index (χ0v) is 4.83. The molecular weight excluding hydrogens is 116 g/mol. The summed E-state index contributed by atoms with van der Waals surface area (Å²) in [5, 5.41) is 0. The Balaban J connectivity index is 2.60. The van der Waals surface area contributed by atoms with Crippen LogP contribution in [0.2, 0.25) is 0 Å². The van der Waals surface area contributed by atoms with E-state index in [0.29, 0.717) is 6.42 Å². The number of carbonyl (C=O) groups excluding carboxylic acids is 1. The van der Waals surface area contributed by atoms with Crippen LogP contribution in [-0.2, 0) is 9.53 Å². The van der Waals surface area contributed by atoms with E-state index in [9.17, 15) is 4.79 Å². The van der Waals surface area contributed by atoms with E-state index in [1.54, 1.807) is 0 Å². The van der Waals surface area contributed by atoms with Gasteiger partial charge < -0.3 is 4.74 Å². The quantitative estimate of drug-likeness (QED) is 0.437. The summed E-state index contributed by atoms with van der Waals surface area (Å²) in [6, 6.07) is 0. The molecule has 0 saturated carbocycles. The van der Waals surface area contributed by atoms with Crippen molar-refractivity contribution in [3.63, 3.8) is 0 Å². The van der Waals surface area contributed by atoms with E-state index in [1.165, 1.54) is 12.3 Å². The molecule has 0 saturated heterocycles. The lowest BCUT2D eigenvalue weighted by Crippen LogP contribution is -2.15. The molecule has 1 atom stereocenters. The number of rotatable bonds is 0. The molecule has 1 heterocycles. The van der Waals surface area contributed by atoms with Crippen molar-refractivity contribution in [1.29, 1.82) is 0 Å². The first kappa shape index (κ1) is 5.90. The second-order valence-corrected chi connectivity index (χ2v) is 1.76. The van der Waals surface area contributed by atoms with Gasteiger partial charge in [-0.05, 0) is 0 Å². The maximum absolute atomic E-state index is 10.6. The van der Waals surface area contributed by atoms with Crippen LogP contribution in [0, 0.1) is 12.3 Å². The van der Waals surface area contributed by atoms with Crippen LogP contribution in [0.3, 0.4) is 0 Å². The van der Waals surface area contributed by atoms with Crippen LogP contribution in [0.4, 0.5) is 0 Å². The van der Waals surface area contributed by atoms with Gasteiger partial charge in [0, 0.05) is 6.08 Å². The average Bonchev–Trinajstić information content (AvgIpc) is 1.88. The van der Waals surface area contributed by atoms with Gasteiger partial charge in [0.25, 0.3) is 0 Å². The summed E-state index contributed by atoms with van der Waals surface area (Å²) in [4.78, 5) is 10.6. The Morgan fingerprint density at radius 3 is 3.11 bits per heavy atom. The summed E-state index contributed by atoms with van der Waals surface area (Å²) in [5.74, 6) is 2.37. The number of ketones is 1. The molecule has 0 spiro atoms. The number of allylic oxidation sites excluding steroid dienone is 1. The first-order valence-electron chi connectivity index (χ1n) is 2.64. The summed E-state index contributed by atoms with van der Waals surface area (Å²) >= 11 is 0. The smallest absolute Gasteiger partial charge is 0.165 e. The lowest BCUT2D eigenvalue weighted by atomic mass is 10.1. The Hall–Kier alpha value is -1.23. The standard InChI is InChI=1S/C7H6O2/c1-2-7-5-6(8)3-4-9-7/h1,3-4,7H,5H2/t7-/m1/s1. The van der Waals surface area contributed by atoms with Gasteiger partial charge in [-0.1, -0.05) is 5.92 Å². The van der Waals surface area contributed by atoms with Gasteiger partial charge in [0.05, 0.1) is 12.7 Å². The molecule has 2 nitrogen and oxygen atoms in total. The van der Waals surface area contributed by atoms with Gasteiger partial charge in [0.2, 0.25) is 0 Å². The fourth-order valence-corrected chi connectivity index (χ4v) is 0.607. The summed E-state index contributed by atoms with van der Waals surface area (Å²) in [6.07, 6.45) is 7.70. The molecule has 1 rings (SSSR count). The molecule has 0 radical (unpaired) electrons. The van der Waals surface area contributed by atoms with Crippen molar-refractivity contribution in [2.24, 2.45) is 0 Å². The molecule has 2 heteroatoms. The molecule has 0 fully saturated rings. The van der Waals surface area contributed by atoms with Crippen molar-refractivity contribution < 1.29 is 9.53 Å². The molecular formula is C7H6O2. The van der Waals surface area contributed by atoms with Gasteiger partial charge in [0.1, 0.15) is 0 Å². The predicted octanol–water partition coefficient (Wildman–Crippen LogP) is 0.491. The minimum Gasteiger partial charge on any atom is -0.485 e. The lowest BCUT2D eigenvalue weighted by Gasteiger charge is -2.11. The molecule has 0 aromatic carbocycles. The van der Waals surface area contributed by atoms with Crippen molar-refractivity contribution >= 4 is 5.78 Å². The van der Waals surface area contributed by atoms with Gasteiger partial charge in [-0.25, -0.2) is 0 Å². The molecule has 0 aromatic heterocycles. The second kappa shape index (κ2) is 2.36. The summed E-state index contributed by atoms with van der Waals surface area (Å²) < 4.78 is 4.86. The summed E-state index contributed by atoms with van der Waals surface area (Å²) in [6.45, 7) is 0. The largest absolute Gasteiger partial charge is 0.485 e. The molecule has 0 unspecified atom stereocenters. The fraction of sp³-hybridized carbons (Fsp3) is 0.286. The van der Waals surface area contributed by atoms with E-state index in [2.05, 4.69) is 5.92 Å². The van der Waals surface area contributed by atoms with Gasteiger partial charge in [0.15, 0.2) is 11.9 Å². The Morgan fingerprint density at radius 1 is 1.89 bits per heavy atom. The lowest BCUT2D eigenvalue weighted by molar-refractivity contribution is -0.117. The molecule has 46 valence electrons. The Labute approximate surface area is 53.5 Å². The monoisotopic (exact) mass is 122 g/mol. The van der Waals surface area contributed by atoms with Gasteiger partial charge in [-0.3, -0.25) is 4.79 Å². The molecule has 0 amide bonds. The minimum atomic E-state index is -0.345. The van der Waals surface area contributed by atoms with Crippen molar-refractivity contribution in [2.75, 3.05) is 0 Å².